The fourth-order valence-corrected chi connectivity index (χ4v) is 5.19. The molecule has 1 fully saturated rings. The van der Waals surface area contributed by atoms with Gasteiger partial charge < -0.3 is 24.7 Å². The summed E-state index contributed by atoms with van der Waals surface area (Å²) in [7, 11) is 0. The molecule has 1 saturated heterocycles. The molecule has 3 atom stereocenters. The number of aliphatic carboxylic acids is 1. The van der Waals surface area contributed by atoms with Crippen molar-refractivity contribution in [1.82, 2.24) is 19.6 Å². The Bertz CT molecular complexity index is 1280. The molecule has 0 radical (unpaired) electrons. The third kappa shape index (κ3) is 8.63. The fourth-order valence-electron chi connectivity index (χ4n) is 3.44. The second kappa shape index (κ2) is 12.4. The van der Waals surface area contributed by atoms with Crippen LogP contribution in [0.15, 0.2) is 16.9 Å². The third-order valence-electron chi connectivity index (χ3n) is 4.99. The molecular weight excluding hydrogens is 580 g/mol. The van der Waals surface area contributed by atoms with Crippen molar-refractivity contribution in [3.8, 4) is 0 Å². The molecule has 2 aliphatic heterocycles. The number of rotatable bonds is 9. The van der Waals surface area contributed by atoms with Crippen LogP contribution in [-0.2, 0) is 33.5 Å². The molecule has 15 nitrogen and oxygen atoms in total. The van der Waals surface area contributed by atoms with Crippen LogP contribution >= 0.6 is 23.3 Å². The third-order valence-corrected chi connectivity index (χ3v) is 6.80. The topological polar surface area (TPSA) is 199 Å². The van der Waals surface area contributed by atoms with E-state index in [0.717, 1.165) is 11.5 Å². The van der Waals surface area contributed by atoms with Crippen LogP contribution in [0.3, 0.4) is 0 Å². The Morgan fingerprint density at radius 2 is 1.83 bits per heavy atom. The second-order valence-electron chi connectivity index (χ2n) is 11.0. The summed E-state index contributed by atoms with van der Waals surface area (Å²) in [5.41, 5.74) is -1.89. The largest absolute Gasteiger partial charge is 0.481 e. The van der Waals surface area contributed by atoms with Crippen molar-refractivity contribution in [2.45, 2.75) is 83.6 Å². The van der Waals surface area contributed by atoms with Crippen molar-refractivity contribution in [3.05, 3.63) is 17.6 Å². The number of fused-ring (bicyclic) bond motifs is 1. The molecule has 0 saturated carbocycles. The van der Waals surface area contributed by atoms with Gasteiger partial charge in [0.2, 0.25) is 16.7 Å². The minimum absolute atomic E-state index is 0.00536. The number of nitrogens with zero attached hydrogens (tertiary/aromatic N) is 4. The molecule has 3 N–H and O–H groups in total. The predicted molar refractivity (Wildman–Crippen MR) is 148 cm³/mol. The zero-order chi connectivity index (χ0) is 30.7. The van der Waals surface area contributed by atoms with E-state index >= 15 is 0 Å². The molecular formula is C24H32N6O9S2. The van der Waals surface area contributed by atoms with Crippen LogP contribution < -0.4 is 10.6 Å². The van der Waals surface area contributed by atoms with Gasteiger partial charge in [0, 0.05) is 17.3 Å². The average Bonchev–Trinajstić information content (AvgIpc) is 3.26. The van der Waals surface area contributed by atoms with Gasteiger partial charge in [0.15, 0.2) is 0 Å². The number of carbonyl (C=O) groups excluding carboxylic acids is 4. The summed E-state index contributed by atoms with van der Waals surface area (Å²) in [6.45, 7) is 11.6. The number of hydrogen-bond acceptors (Lipinski definition) is 13. The van der Waals surface area contributed by atoms with E-state index in [1.54, 1.807) is 47.6 Å². The van der Waals surface area contributed by atoms with E-state index in [-0.39, 0.29) is 16.7 Å². The molecule has 2 aliphatic rings. The van der Waals surface area contributed by atoms with Crippen molar-refractivity contribution in [3.63, 3.8) is 0 Å². The van der Waals surface area contributed by atoms with Crippen molar-refractivity contribution in [1.29, 1.82) is 0 Å². The van der Waals surface area contributed by atoms with Crippen LogP contribution in [0, 0.1) is 0 Å². The fraction of sp³-hybridized carbons (Fsp3) is 0.583. The maximum absolute atomic E-state index is 13.3. The van der Waals surface area contributed by atoms with Gasteiger partial charge in [-0.2, -0.15) is 9.36 Å². The average molecular weight is 613 g/mol. The number of anilines is 1. The van der Waals surface area contributed by atoms with Gasteiger partial charge in [-0.25, -0.2) is 9.59 Å². The molecule has 1 aromatic heterocycles. The summed E-state index contributed by atoms with van der Waals surface area (Å²) in [4.78, 5) is 72.6. The lowest BCUT2D eigenvalue weighted by Gasteiger charge is -2.48. The molecule has 224 valence electrons. The van der Waals surface area contributed by atoms with Crippen molar-refractivity contribution < 1.29 is 43.4 Å². The molecule has 1 unspecified atom stereocenters. The monoisotopic (exact) mass is 612 g/mol. The van der Waals surface area contributed by atoms with Crippen LogP contribution in [0.1, 0.15) is 60.7 Å². The van der Waals surface area contributed by atoms with E-state index < -0.39 is 70.7 Å². The number of oxime groups is 1. The number of esters is 1. The quantitative estimate of drug-likeness (QED) is 0.159. The number of aromatic nitrogens is 2. The molecule has 3 rings (SSSR count). The first-order valence-corrected chi connectivity index (χ1v) is 14.3. The highest BCUT2D eigenvalue weighted by atomic mass is 32.2. The van der Waals surface area contributed by atoms with Gasteiger partial charge >= 0.3 is 18.0 Å². The second-order valence-corrected chi connectivity index (χ2v) is 12.9. The number of thioether (sulfide) groups is 1. The molecule has 0 aromatic carbocycles. The van der Waals surface area contributed by atoms with Gasteiger partial charge in [0.05, 0.1) is 6.42 Å². The first-order chi connectivity index (χ1) is 18.9. The first-order valence-electron chi connectivity index (χ1n) is 12.4. The molecule has 3 amide bonds. The highest BCUT2D eigenvalue weighted by Gasteiger charge is 2.53. The van der Waals surface area contributed by atoms with Crippen molar-refractivity contribution in [2.24, 2.45) is 5.16 Å². The van der Waals surface area contributed by atoms with Crippen LogP contribution in [0.4, 0.5) is 9.93 Å². The number of hydrogen-bond donors (Lipinski definition) is 3. The SMILES string of the molecule is CC(CC(=O)O)ON=C(C(=O)N[C@@H]1C(=O)N2C(C(=O)OC(C)(C)C)=CCS[C@@H]12)c1nsc(NC(=O)OC(C)(C)C)n1. The van der Waals surface area contributed by atoms with Crippen LogP contribution in [0.25, 0.3) is 0 Å². The Morgan fingerprint density at radius 1 is 1.17 bits per heavy atom. The molecule has 3 heterocycles. The number of carbonyl (C=O) groups is 5. The molecule has 0 spiro atoms. The number of amides is 3. The Morgan fingerprint density at radius 3 is 2.44 bits per heavy atom. The van der Waals surface area contributed by atoms with Gasteiger partial charge in [-0.15, -0.1) is 11.8 Å². The van der Waals surface area contributed by atoms with Crippen molar-refractivity contribution >= 4 is 64.0 Å². The number of ether oxygens (including phenoxy) is 2. The summed E-state index contributed by atoms with van der Waals surface area (Å²) in [5.74, 6) is -3.06. The molecule has 17 heteroatoms. The molecule has 0 bridgehead atoms. The number of carboxylic acids is 1. The van der Waals surface area contributed by atoms with E-state index in [9.17, 15) is 24.0 Å². The lowest BCUT2D eigenvalue weighted by molar-refractivity contribution is -0.158. The Hall–Kier alpha value is -3.73. The number of carboxylic acid groups (broad SMARTS) is 1. The van der Waals surface area contributed by atoms with E-state index in [4.69, 9.17) is 19.4 Å². The summed E-state index contributed by atoms with van der Waals surface area (Å²) in [6, 6.07) is -1.02. The molecule has 0 aliphatic carbocycles. The van der Waals surface area contributed by atoms with Crippen LogP contribution in [-0.4, -0.2) is 89.4 Å². The normalized spacial score (nSPS) is 19.7. The maximum Gasteiger partial charge on any atom is 0.414 e. The van der Waals surface area contributed by atoms with E-state index in [1.165, 1.54) is 23.6 Å². The highest BCUT2D eigenvalue weighted by Crippen LogP contribution is 2.38. The van der Waals surface area contributed by atoms with Crippen LogP contribution in [0.5, 0.6) is 0 Å². The Labute approximate surface area is 244 Å². The minimum atomic E-state index is -1.14. The molecule has 41 heavy (non-hydrogen) atoms. The zero-order valence-electron chi connectivity index (χ0n) is 23.5. The van der Waals surface area contributed by atoms with E-state index in [1.807, 2.05) is 0 Å². The Balaban J connectivity index is 1.78. The first kappa shape index (κ1) is 31.8. The smallest absolute Gasteiger partial charge is 0.414 e. The van der Waals surface area contributed by atoms with Gasteiger partial charge in [-0.3, -0.25) is 24.6 Å². The van der Waals surface area contributed by atoms with Crippen LogP contribution in [0.2, 0.25) is 0 Å². The lowest BCUT2D eigenvalue weighted by atomic mass is 10.0. The Kier molecular flexibility index (Phi) is 9.63. The van der Waals surface area contributed by atoms with Crippen molar-refractivity contribution in [2.75, 3.05) is 11.1 Å². The number of β-lactam (4-membered cyclic amide) rings is 1. The summed E-state index contributed by atoms with van der Waals surface area (Å²) >= 11 is 2.07. The highest BCUT2D eigenvalue weighted by molar-refractivity contribution is 8.00. The molecule has 1 aromatic rings. The number of nitrogens with one attached hydrogen (secondary N) is 2. The summed E-state index contributed by atoms with van der Waals surface area (Å²) in [5, 5.41) is 17.2. The van der Waals surface area contributed by atoms with Gasteiger partial charge in [0.25, 0.3) is 11.8 Å². The van der Waals surface area contributed by atoms with Gasteiger partial charge in [-0.05, 0) is 54.5 Å². The summed E-state index contributed by atoms with van der Waals surface area (Å²) < 4.78 is 14.6. The predicted octanol–water partition coefficient (Wildman–Crippen LogP) is 2.09. The van der Waals surface area contributed by atoms with E-state index in [2.05, 4.69) is 25.1 Å². The lowest BCUT2D eigenvalue weighted by Crippen LogP contribution is -2.70. The summed E-state index contributed by atoms with van der Waals surface area (Å²) in [6.07, 6.45) is -0.515. The maximum atomic E-state index is 13.3. The van der Waals surface area contributed by atoms with E-state index in [0.29, 0.717) is 5.75 Å². The minimum Gasteiger partial charge on any atom is -0.481 e. The standard InChI is InChI=1S/C24H32N6O9S2/c1-11(10-13(31)32)39-28-14(16-26-21(41-29-16)27-22(36)38-24(5,6)7)17(33)25-15-18(34)30-12(8-9-40-19(15)30)20(35)37-23(2,3)4/h8,11,15,19H,9-10H2,1-7H3,(H,25,33)(H,31,32)(H,26,27,29,36)/t11?,15-,19+/m1/s1. The van der Waals surface area contributed by atoms with Gasteiger partial charge in [0.1, 0.15) is 34.4 Å². The zero-order valence-corrected chi connectivity index (χ0v) is 25.2. The van der Waals surface area contributed by atoms with Gasteiger partial charge in [-0.1, -0.05) is 5.16 Å².